The fraction of sp³-hybridized carbons (Fsp3) is 0.500. The molecule has 2 saturated carbocycles. The molecule has 4 rings (SSSR count). The Bertz CT molecular complexity index is 950. The first kappa shape index (κ1) is 24.0. The van der Waals surface area contributed by atoms with Crippen LogP contribution in [0.3, 0.4) is 0 Å². The van der Waals surface area contributed by atoms with Crippen LogP contribution in [0.4, 0.5) is 22.0 Å². The van der Waals surface area contributed by atoms with Crippen molar-refractivity contribution in [3.63, 3.8) is 0 Å². The van der Waals surface area contributed by atoms with Crippen LogP contribution in [0.25, 0.3) is 11.1 Å². The number of rotatable bonds is 5. The van der Waals surface area contributed by atoms with Gasteiger partial charge in [0.1, 0.15) is 17.2 Å². The predicted octanol–water partition coefficient (Wildman–Crippen LogP) is 9.31. The van der Waals surface area contributed by atoms with Crippen molar-refractivity contribution in [1.29, 1.82) is 0 Å². The molecule has 4 unspecified atom stereocenters. The van der Waals surface area contributed by atoms with Crippen molar-refractivity contribution in [2.75, 3.05) is 0 Å². The summed E-state index contributed by atoms with van der Waals surface area (Å²) < 4.78 is 66.4. The van der Waals surface area contributed by atoms with E-state index in [1.54, 1.807) is 12.1 Å². The molecule has 0 radical (unpaired) electrons. The SMILES string of the molecule is C/C=C/CCC1CCC2CC(c3ccc(-c4cc(F)c(C(F)(F)F)c(F)c4)cc3)CCC2C1. The van der Waals surface area contributed by atoms with Crippen LogP contribution in [0.1, 0.15) is 75.3 Å². The zero-order valence-corrected chi connectivity index (χ0v) is 19.0. The fourth-order valence-electron chi connectivity index (χ4n) is 6.01. The Morgan fingerprint density at radius 3 is 2.12 bits per heavy atom. The van der Waals surface area contributed by atoms with Crippen molar-refractivity contribution in [2.24, 2.45) is 17.8 Å². The van der Waals surface area contributed by atoms with Gasteiger partial charge in [-0.15, -0.1) is 0 Å². The second-order valence-corrected chi connectivity index (χ2v) is 9.79. The Hall–Kier alpha value is -2.17. The molecule has 0 amide bonds. The molecule has 5 heteroatoms. The van der Waals surface area contributed by atoms with Crippen LogP contribution in [0.15, 0.2) is 48.6 Å². The third-order valence-electron chi connectivity index (χ3n) is 7.74. The molecule has 178 valence electrons. The number of alkyl halides is 3. The van der Waals surface area contributed by atoms with Crippen molar-refractivity contribution < 1.29 is 22.0 Å². The van der Waals surface area contributed by atoms with E-state index in [0.29, 0.717) is 11.5 Å². The van der Waals surface area contributed by atoms with Crippen molar-refractivity contribution in [3.05, 3.63) is 71.3 Å². The monoisotopic (exact) mass is 462 g/mol. The maximum absolute atomic E-state index is 14.0. The highest BCUT2D eigenvalue weighted by Gasteiger charge is 2.38. The van der Waals surface area contributed by atoms with E-state index in [0.717, 1.165) is 36.3 Å². The fourth-order valence-corrected chi connectivity index (χ4v) is 6.01. The average molecular weight is 463 g/mol. The van der Waals surface area contributed by atoms with E-state index in [1.165, 1.54) is 50.5 Å². The molecule has 33 heavy (non-hydrogen) atoms. The summed E-state index contributed by atoms with van der Waals surface area (Å²) in [6.45, 7) is 2.07. The third-order valence-corrected chi connectivity index (χ3v) is 7.74. The van der Waals surface area contributed by atoms with Gasteiger partial charge in [0, 0.05) is 0 Å². The van der Waals surface area contributed by atoms with E-state index < -0.39 is 23.4 Å². The zero-order valence-electron chi connectivity index (χ0n) is 19.0. The lowest BCUT2D eigenvalue weighted by Gasteiger charge is -2.42. The quantitative estimate of drug-likeness (QED) is 0.307. The number of allylic oxidation sites excluding steroid dienone is 2. The molecule has 0 saturated heterocycles. The van der Waals surface area contributed by atoms with Gasteiger partial charge < -0.3 is 0 Å². The summed E-state index contributed by atoms with van der Waals surface area (Å²) in [5.74, 6) is -0.256. The van der Waals surface area contributed by atoms with Crippen LogP contribution in [-0.2, 0) is 6.18 Å². The molecule has 0 bridgehead atoms. The highest BCUT2D eigenvalue weighted by Crippen LogP contribution is 2.48. The molecule has 0 heterocycles. The summed E-state index contributed by atoms with van der Waals surface area (Å²) >= 11 is 0. The Morgan fingerprint density at radius 2 is 1.48 bits per heavy atom. The molecule has 2 aromatic rings. The minimum Gasteiger partial charge on any atom is -0.206 e. The normalized spacial score (nSPS) is 25.9. The smallest absolute Gasteiger partial charge is 0.206 e. The summed E-state index contributed by atoms with van der Waals surface area (Å²) in [7, 11) is 0. The Labute approximate surface area is 192 Å². The zero-order chi connectivity index (χ0) is 23.6. The summed E-state index contributed by atoms with van der Waals surface area (Å²) in [5, 5.41) is 0. The summed E-state index contributed by atoms with van der Waals surface area (Å²) in [5.41, 5.74) is 0.00142. The third kappa shape index (κ3) is 5.50. The molecule has 0 aromatic heterocycles. The van der Waals surface area contributed by atoms with Gasteiger partial charge in [-0.25, -0.2) is 8.78 Å². The molecule has 2 fully saturated rings. The first-order chi connectivity index (χ1) is 15.8. The van der Waals surface area contributed by atoms with Gasteiger partial charge in [-0.1, -0.05) is 42.8 Å². The van der Waals surface area contributed by atoms with Crippen LogP contribution in [0.2, 0.25) is 0 Å². The number of benzene rings is 2. The van der Waals surface area contributed by atoms with Crippen LogP contribution < -0.4 is 0 Å². The van der Waals surface area contributed by atoms with Crippen LogP contribution >= 0.6 is 0 Å². The Balaban J connectivity index is 1.41. The minimum atomic E-state index is -5.05. The van der Waals surface area contributed by atoms with Crippen molar-refractivity contribution in [3.8, 4) is 11.1 Å². The molecule has 2 aromatic carbocycles. The van der Waals surface area contributed by atoms with Crippen LogP contribution in [-0.4, -0.2) is 0 Å². The highest BCUT2D eigenvalue weighted by molar-refractivity contribution is 5.64. The highest BCUT2D eigenvalue weighted by atomic mass is 19.4. The maximum atomic E-state index is 14.0. The number of hydrogen-bond donors (Lipinski definition) is 0. The Morgan fingerprint density at radius 1 is 0.848 bits per heavy atom. The van der Waals surface area contributed by atoms with Gasteiger partial charge in [0.25, 0.3) is 0 Å². The molecule has 0 nitrogen and oxygen atoms in total. The van der Waals surface area contributed by atoms with E-state index in [-0.39, 0.29) is 5.56 Å². The van der Waals surface area contributed by atoms with Gasteiger partial charge in [-0.2, -0.15) is 13.2 Å². The van der Waals surface area contributed by atoms with Gasteiger partial charge in [0.05, 0.1) is 0 Å². The number of fused-ring (bicyclic) bond motifs is 1. The van der Waals surface area contributed by atoms with E-state index >= 15 is 0 Å². The van der Waals surface area contributed by atoms with Crippen molar-refractivity contribution in [2.45, 2.75) is 70.4 Å². The Kier molecular flexibility index (Phi) is 7.25. The summed E-state index contributed by atoms with van der Waals surface area (Å²) in [6.07, 6.45) is 9.34. The van der Waals surface area contributed by atoms with Crippen molar-refractivity contribution >= 4 is 0 Å². The second kappa shape index (κ2) is 9.99. The first-order valence-corrected chi connectivity index (χ1v) is 12.0. The van der Waals surface area contributed by atoms with Gasteiger partial charge in [0.2, 0.25) is 0 Å². The molecular formula is C28H31F5. The van der Waals surface area contributed by atoms with Gasteiger partial charge >= 0.3 is 6.18 Å². The van der Waals surface area contributed by atoms with Gasteiger partial charge in [0.15, 0.2) is 0 Å². The summed E-state index contributed by atoms with van der Waals surface area (Å²) in [4.78, 5) is 0. The van der Waals surface area contributed by atoms with E-state index in [1.807, 2.05) is 12.1 Å². The van der Waals surface area contributed by atoms with Gasteiger partial charge in [-0.05, 0) is 104 Å². The predicted molar refractivity (Wildman–Crippen MR) is 122 cm³/mol. The molecule has 2 aliphatic carbocycles. The molecule has 2 aliphatic rings. The van der Waals surface area contributed by atoms with E-state index in [9.17, 15) is 22.0 Å². The second-order valence-electron chi connectivity index (χ2n) is 9.79. The van der Waals surface area contributed by atoms with Crippen LogP contribution in [0, 0.1) is 29.4 Å². The average Bonchev–Trinajstić information content (AvgIpc) is 2.77. The minimum absolute atomic E-state index is 0.115. The van der Waals surface area contributed by atoms with E-state index in [2.05, 4.69) is 19.1 Å². The maximum Gasteiger partial charge on any atom is 0.422 e. The lowest BCUT2D eigenvalue weighted by atomic mass is 9.63. The molecule has 0 spiro atoms. The molecular weight excluding hydrogens is 431 g/mol. The number of hydrogen-bond acceptors (Lipinski definition) is 0. The standard InChI is InChI=1S/C28H31F5/c1-2-3-4-5-18-6-7-23-15-22(13-12-21(23)14-18)19-8-10-20(11-9-19)24-16-25(29)27(26(30)17-24)28(31,32)33/h2-3,8-11,16-18,21-23H,4-7,12-15H2,1H3/b3-2+. The first-order valence-electron chi connectivity index (χ1n) is 12.0. The largest absolute Gasteiger partial charge is 0.422 e. The number of halogens is 5. The lowest BCUT2D eigenvalue weighted by Crippen LogP contribution is -2.30. The lowest BCUT2D eigenvalue weighted by molar-refractivity contribution is -0.142. The van der Waals surface area contributed by atoms with Crippen molar-refractivity contribution in [1.82, 2.24) is 0 Å². The molecule has 4 atom stereocenters. The molecule has 0 aliphatic heterocycles. The van der Waals surface area contributed by atoms with E-state index in [4.69, 9.17) is 0 Å². The summed E-state index contributed by atoms with van der Waals surface area (Å²) in [6, 6.07) is 9.00. The van der Waals surface area contributed by atoms with Gasteiger partial charge in [-0.3, -0.25) is 0 Å². The topological polar surface area (TPSA) is 0 Å². The van der Waals surface area contributed by atoms with Crippen LogP contribution in [0.5, 0.6) is 0 Å². The molecule has 0 N–H and O–H groups in total.